The van der Waals surface area contributed by atoms with E-state index in [4.69, 9.17) is 9.47 Å². The van der Waals surface area contributed by atoms with Crippen LogP contribution in [-0.4, -0.2) is 72.1 Å². The number of fused-ring (bicyclic) bond motifs is 2. The van der Waals surface area contributed by atoms with E-state index in [1.54, 1.807) is 12.1 Å². The first kappa shape index (κ1) is 26.6. The number of phenolic OH excluding ortho intramolecular Hbond substituents is 1. The highest BCUT2D eigenvalue weighted by Gasteiger charge is 2.39. The average Bonchev–Trinajstić information content (AvgIpc) is 3.30. The Labute approximate surface area is 231 Å². The molecule has 2 atom stereocenters. The van der Waals surface area contributed by atoms with Gasteiger partial charge in [-0.25, -0.2) is 8.78 Å². The zero-order valence-corrected chi connectivity index (χ0v) is 22.7. The minimum atomic E-state index is -0.941. The second kappa shape index (κ2) is 10.4. The van der Waals surface area contributed by atoms with E-state index in [-0.39, 0.29) is 43.2 Å². The summed E-state index contributed by atoms with van der Waals surface area (Å²) in [5, 5.41) is 14.9. The fourth-order valence-corrected chi connectivity index (χ4v) is 5.97. The summed E-state index contributed by atoms with van der Waals surface area (Å²) in [6.07, 6.45) is 0.562. The van der Waals surface area contributed by atoms with E-state index in [0.29, 0.717) is 78.2 Å². The van der Waals surface area contributed by atoms with E-state index in [1.165, 1.54) is 17.0 Å². The van der Waals surface area contributed by atoms with Crippen LogP contribution in [0.15, 0.2) is 24.3 Å². The molecule has 4 heterocycles. The van der Waals surface area contributed by atoms with Crippen molar-refractivity contribution in [3.8, 4) is 11.8 Å². The fourth-order valence-electron chi connectivity index (χ4n) is 5.97. The Kier molecular flexibility index (Phi) is 6.95. The molecule has 212 valence electrons. The number of nitrogens with zero attached hydrogens (tertiary/aromatic N) is 4. The number of carbonyl (C=O) groups is 1. The molecule has 0 saturated carbocycles. The van der Waals surface area contributed by atoms with Gasteiger partial charge in [-0.3, -0.25) is 4.79 Å². The first-order valence-corrected chi connectivity index (χ1v) is 13.8. The lowest BCUT2D eigenvalue weighted by atomic mass is 9.99. The maximum absolute atomic E-state index is 14.9. The molecule has 1 aromatic heterocycles. The number of aromatic hydroxyl groups is 1. The molecular formula is C29H33F2N5O4. The highest BCUT2D eigenvalue weighted by molar-refractivity contribution is 6.16. The number of ether oxygens (including phenoxy) is 2. The molecule has 0 spiro atoms. The summed E-state index contributed by atoms with van der Waals surface area (Å²) in [5.74, 6) is -0.262. The van der Waals surface area contributed by atoms with Crippen molar-refractivity contribution in [2.24, 2.45) is 0 Å². The molecule has 1 unspecified atom stereocenters. The predicted molar refractivity (Wildman–Crippen MR) is 147 cm³/mol. The van der Waals surface area contributed by atoms with Crippen LogP contribution in [0.3, 0.4) is 0 Å². The van der Waals surface area contributed by atoms with Gasteiger partial charge in [0.25, 0.3) is 5.91 Å². The van der Waals surface area contributed by atoms with Gasteiger partial charge in [-0.2, -0.15) is 9.97 Å². The molecule has 6 rings (SSSR count). The first-order chi connectivity index (χ1) is 19.3. The van der Waals surface area contributed by atoms with Crippen LogP contribution >= 0.6 is 0 Å². The molecule has 3 aliphatic heterocycles. The molecular weight excluding hydrogens is 520 g/mol. The molecule has 3 aromatic rings. The van der Waals surface area contributed by atoms with Gasteiger partial charge >= 0.3 is 6.01 Å². The Morgan fingerprint density at radius 3 is 2.88 bits per heavy atom. The number of benzene rings is 2. The summed E-state index contributed by atoms with van der Waals surface area (Å²) in [5.41, 5.74) is 1.17. The molecule has 3 aliphatic rings. The number of amides is 1. The zero-order chi connectivity index (χ0) is 28.0. The van der Waals surface area contributed by atoms with Crippen molar-refractivity contribution < 1.29 is 28.2 Å². The van der Waals surface area contributed by atoms with Gasteiger partial charge < -0.3 is 29.7 Å². The Morgan fingerprint density at radius 1 is 1.25 bits per heavy atom. The summed E-state index contributed by atoms with van der Waals surface area (Å²) >= 11 is 0. The average molecular weight is 554 g/mol. The Morgan fingerprint density at radius 2 is 2.10 bits per heavy atom. The topological polar surface area (TPSA) is 100 Å². The van der Waals surface area contributed by atoms with Gasteiger partial charge in [0.2, 0.25) is 0 Å². The van der Waals surface area contributed by atoms with Gasteiger partial charge in [-0.05, 0) is 42.8 Å². The predicted octanol–water partition coefficient (Wildman–Crippen LogP) is 3.89. The van der Waals surface area contributed by atoms with Crippen LogP contribution in [-0.2, 0) is 17.7 Å². The summed E-state index contributed by atoms with van der Waals surface area (Å²) in [6.45, 7) is 6.58. The Hall–Kier alpha value is -3.57. The largest absolute Gasteiger partial charge is 0.508 e. The van der Waals surface area contributed by atoms with Gasteiger partial charge in [0.15, 0.2) is 0 Å². The molecule has 2 fully saturated rings. The third kappa shape index (κ3) is 4.81. The smallest absolute Gasteiger partial charge is 0.318 e. The quantitative estimate of drug-likeness (QED) is 0.475. The Balaban J connectivity index is 1.42. The van der Waals surface area contributed by atoms with Crippen LogP contribution in [0.1, 0.15) is 48.3 Å². The highest BCUT2D eigenvalue weighted by atomic mass is 19.1. The molecule has 0 radical (unpaired) electrons. The highest BCUT2D eigenvalue weighted by Crippen LogP contribution is 2.41. The first-order valence-electron chi connectivity index (χ1n) is 13.8. The van der Waals surface area contributed by atoms with E-state index in [2.05, 4.69) is 15.3 Å². The molecule has 0 bridgehead atoms. The summed E-state index contributed by atoms with van der Waals surface area (Å²) in [7, 11) is 0. The van der Waals surface area contributed by atoms with Gasteiger partial charge in [0.05, 0.1) is 30.1 Å². The minimum absolute atomic E-state index is 0.0246. The maximum atomic E-state index is 14.9. The number of anilines is 2. The lowest BCUT2D eigenvalue weighted by molar-refractivity contribution is 0.0996. The molecule has 2 aromatic carbocycles. The van der Waals surface area contributed by atoms with Crippen molar-refractivity contribution in [2.75, 3.05) is 49.3 Å². The number of phenols is 1. The number of hydrogen-bond donors (Lipinski definition) is 2. The van der Waals surface area contributed by atoms with Crippen molar-refractivity contribution in [1.29, 1.82) is 0 Å². The molecule has 2 N–H and O–H groups in total. The number of aromatic nitrogens is 2. The van der Waals surface area contributed by atoms with Crippen molar-refractivity contribution in [2.45, 2.75) is 51.4 Å². The second-order valence-corrected chi connectivity index (χ2v) is 11.0. The van der Waals surface area contributed by atoms with E-state index >= 15 is 0 Å². The van der Waals surface area contributed by atoms with Crippen molar-refractivity contribution in [1.82, 2.24) is 15.3 Å². The van der Waals surface area contributed by atoms with Gasteiger partial charge in [-0.15, -0.1) is 0 Å². The number of nitrogens with one attached hydrogen (secondary N) is 1. The number of aryl methyl sites for hydroxylation is 1. The number of halogens is 2. The van der Waals surface area contributed by atoms with Crippen molar-refractivity contribution in [3.63, 3.8) is 0 Å². The van der Waals surface area contributed by atoms with Crippen LogP contribution < -0.4 is 19.9 Å². The van der Waals surface area contributed by atoms with Crippen LogP contribution in [0.4, 0.5) is 20.3 Å². The Bertz CT molecular complexity index is 1460. The number of rotatable bonds is 6. The van der Waals surface area contributed by atoms with Crippen molar-refractivity contribution in [3.05, 3.63) is 46.9 Å². The third-order valence-corrected chi connectivity index (χ3v) is 7.95. The molecule has 1 amide bonds. The normalized spacial score (nSPS) is 23.1. The van der Waals surface area contributed by atoms with Crippen LogP contribution in [0.25, 0.3) is 10.8 Å². The fraction of sp³-hybridized carbons (Fsp3) is 0.483. The van der Waals surface area contributed by atoms with Crippen LogP contribution in [0, 0.1) is 5.82 Å². The third-order valence-electron chi connectivity index (χ3n) is 7.95. The molecule has 2 saturated heterocycles. The second-order valence-electron chi connectivity index (χ2n) is 11.0. The number of carbonyl (C=O) groups excluding carboxylic acids is 1. The monoisotopic (exact) mass is 553 g/mol. The summed E-state index contributed by atoms with van der Waals surface area (Å²) < 4.78 is 40.4. The molecule has 0 aliphatic carbocycles. The van der Waals surface area contributed by atoms with Crippen molar-refractivity contribution >= 4 is 28.2 Å². The molecule has 40 heavy (non-hydrogen) atoms. The lowest BCUT2D eigenvalue weighted by Crippen LogP contribution is -2.42. The SMILES string of the molecule is CCc1c(F)ccc2cc(O)cc(N3Cc4nc(OCC5(C)C[C@@H](F)CN5)nc(N5CCCOCC5)c4C3=O)c12. The minimum Gasteiger partial charge on any atom is -0.508 e. The van der Waals surface area contributed by atoms with Gasteiger partial charge in [-0.1, -0.05) is 13.0 Å². The number of alkyl halides is 1. The van der Waals surface area contributed by atoms with Crippen LogP contribution in [0.2, 0.25) is 0 Å². The van der Waals surface area contributed by atoms with E-state index in [9.17, 15) is 18.7 Å². The molecule has 9 nitrogen and oxygen atoms in total. The standard InChI is InChI=1S/C29H33F2N5O4/c1-3-20-21(31)6-5-17-11-19(37)12-23(24(17)20)36-15-22-25(27(36)38)26(35-7-4-9-39-10-8-35)34-28(33-22)40-16-29(2)13-18(30)14-32-29/h5-6,11-12,18,32,37H,3-4,7-10,13-16H2,1-2H3/t18-,29?/m1/s1. The van der Waals surface area contributed by atoms with Crippen LogP contribution in [0.5, 0.6) is 11.8 Å². The lowest BCUT2D eigenvalue weighted by Gasteiger charge is -2.25. The van der Waals surface area contributed by atoms with E-state index in [0.717, 1.165) is 6.42 Å². The van der Waals surface area contributed by atoms with Gasteiger partial charge in [0.1, 0.15) is 35.7 Å². The summed E-state index contributed by atoms with van der Waals surface area (Å²) in [6, 6.07) is 6.16. The zero-order valence-electron chi connectivity index (χ0n) is 22.7. The van der Waals surface area contributed by atoms with E-state index < -0.39 is 11.7 Å². The molecule has 11 heteroatoms. The summed E-state index contributed by atoms with van der Waals surface area (Å²) in [4.78, 5) is 26.9. The van der Waals surface area contributed by atoms with Gasteiger partial charge in [0, 0.05) is 44.1 Å². The maximum Gasteiger partial charge on any atom is 0.318 e. The van der Waals surface area contributed by atoms with E-state index in [1.807, 2.05) is 18.7 Å². The number of hydrogen-bond acceptors (Lipinski definition) is 8.